The molecule has 0 saturated carbocycles. The lowest BCUT2D eigenvalue weighted by Gasteiger charge is -2.10. The topological polar surface area (TPSA) is 98.3 Å². The highest BCUT2D eigenvalue weighted by atomic mass is 16.5. The highest BCUT2D eigenvalue weighted by molar-refractivity contribution is 5.54. The second kappa shape index (κ2) is 4.37. The van der Waals surface area contributed by atoms with Crippen molar-refractivity contribution in [2.75, 3.05) is 5.73 Å². The predicted molar refractivity (Wildman–Crippen MR) is 74.0 cm³/mol. The molecule has 102 valence electrons. The lowest BCUT2D eigenvalue weighted by molar-refractivity contribution is 0.448. The molecule has 2 aromatic heterocycles. The standard InChI is InChI=1S/C13H13N5O2/c1-7-5-8(2)10(6-9(7)14)20-12-4-3-11-15-16-13(19)18(11)17-12/h3-6H,14H2,1-2H3,(H,16,19). The van der Waals surface area contributed by atoms with Gasteiger partial charge in [-0.15, -0.1) is 5.10 Å². The maximum Gasteiger partial charge on any atom is 0.364 e. The van der Waals surface area contributed by atoms with Crippen LogP contribution in [0.3, 0.4) is 0 Å². The van der Waals surface area contributed by atoms with Crippen LogP contribution in [0.5, 0.6) is 11.6 Å². The molecule has 0 atom stereocenters. The first kappa shape index (κ1) is 12.2. The van der Waals surface area contributed by atoms with Crippen LogP contribution in [0.25, 0.3) is 5.65 Å². The molecule has 0 aliphatic heterocycles. The molecular formula is C13H13N5O2. The number of nitrogens with two attached hydrogens (primary N) is 1. The second-order valence-electron chi connectivity index (χ2n) is 4.55. The van der Waals surface area contributed by atoms with Gasteiger partial charge in [-0.2, -0.15) is 9.61 Å². The second-order valence-corrected chi connectivity index (χ2v) is 4.55. The Labute approximate surface area is 114 Å². The van der Waals surface area contributed by atoms with E-state index in [0.717, 1.165) is 15.6 Å². The van der Waals surface area contributed by atoms with E-state index in [-0.39, 0.29) is 0 Å². The van der Waals surface area contributed by atoms with Crippen molar-refractivity contribution in [3.63, 3.8) is 0 Å². The van der Waals surface area contributed by atoms with Crippen LogP contribution in [-0.2, 0) is 0 Å². The number of fused-ring (bicyclic) bond motifs is 1. The van der Waals surface area contributed by atoms with Crippen LogP contribution in [0.1, 0.15) is 11.1 Å². The number of nitrogen functional groups attached to an aromatic ring is 1. The number of nitrogens with zero attached hydrogens (tertiary/aromatic N) is 3. The zero-order chi connectivity index (χ0) is 14.3. The molecule has 0 radical (unpaired) electrons. The average Bonchev–Trinajstić information content (AvgIpc) is 2.78. The third-order valence-corrected chi connectivity index (χ3v) is 3.03. The number of aromatic amines is 1. The van der Waals surface area contributed by atoms with Crippen molar-refractivity contribution < 1.29 is 4.74 Å². The Hall–Kier alpha value is -2.83. The van der Waals surface area contributed by atoms with Gasteiger partial charge in [0.15, 0.2) is 5.65 Å². The summed E-state index contributed by atoms with van der Waals surface area (Å²) in [7, 11) is 0. The largest absolute Gasteiger partial charge is 0.437 e. The van der Waals surface area contributed by atoms with Crippen LogP contribution in [0, 0.1) is 13.8 Å². The summed E-state index contributed by atoms with van der Waals surface area (Å²) in [5.41, 5.74) is 8.47. The maximum absolute atomic E-state index is 11.5. The Balaban J connectivity index is 2.02. The van der Waals surface area contributed by atoms with E-state index in [1.165, 1.54) is 0 Å². The van der Waals surface area contributed by atoms with E-state index < -0.39 is 5.69 Å². The monoisotopic (exact) mass is 271 g/mol. The number of hydrogen-bond acceptors (Lipinski definition) is 5. The molecule has 0 spiro atoms. The summed E-state index contributed by atoms with van der Waals surface area (Å²) >= 11 is 0. The lowest BCUT2D eigenvalue weighted by Crippen LogP contribution is -2.12. The van der Waals surface area contributed by atoms with E-state index in [9.17, 15) is 4.79 Å². The first-order valence-corrected chi connectivity index (χ1v) is 6.03. The van der Waals surface area contributed by atoms with Gasteiger partial charge in [-0.3, -0.25) is 0 Å². The Morgan fingerprint density at radius 2 is 2.05 bits per heavy atom. The van der Waals surface area contributed by atoms with Gasteiger partial charge in [0.25, 0.3) is 0 Å². The molecule has 0 unspecified atom stereocenters. The smallest absolute Gasteiger partial charge is 0.364 e. The molecule has 1 aromatic carbocycles. The minimum Gasteiger partial charge on any atom is -0.437 e. The fourth-order valence-corrected chi connectivity index (χ4v) is 1.91. The molecule has 0 aliphatic rings. The summed E-state index contributed by atoms with van der Waals surface area (Å²) in [5.74, 6) is 0.906. The number of benzene rings is 1. The van der Waals surface area contributed by atoms with Gasteiger partial charge in [0, 0.05) is 17.8 Å². The van der Waals surface area contributed by atoms with Crippen LogP contribution < -0.4 is 16.2 Å². The quantitative estimate of drug-likeness (QED) is 0.687. The van der Waals surface area contributed by atoms with Gasteiger partial charge in [-0.1, -0.05) is 6.07 Å². The molecule has 3 aromatic rings. The molecule has 7 heteroatoms. The fraction of sp³-hybridized carbons (Fsp3) is 0.154. The van der Waals surface area contributed by atoms with Crippen LogP contribution >= 0.6 is 0 Å². The zero-order valence-corrected chi connectivity index (χ0v) is 11.0. The third-order valence-electron chi connectivity index (χ3n) is 3.03. The molecular weight excluding hydrogens is 258 g/mol. The Morgan fingerprint density at radius 1 is 1.25 bits per heavy atom. The fourth-order valence-electron chi connectivity index (χ4n) is 1.91. The molecule has 0 fully saturated rings. The third kappa shape index (κ3) is 1.99. The summed E-state index contributed by atoms with van der Waals surface area (Å²) in [6.07, 6.45) is 0. The van der Waals surface area contributed by atoms with Gasteiger partial charge in [0.1, 0.15) is 5.75 Å². The molecule has 3 rings (SSSR count). The van der Waals surface area contributed by atoms with Gasteiger partial charge in [-0.05, 0) is 31.0 Å². The predicted octanol–water partition coefficient (Wildman–Crippen LogP) is 1.41. The van der Waals surface area contributed by atoms with E-state index in [1.807, 2.05) is 19.9 Å². The van der Waals surface area contributed by atoms with E-state index in [1.54, 1.807) is 18.2 Å². The number of anilines is 1. The summed E-state index contributed by atoms with van der Waals surface area (Å²) in [4.78, 5) is 11.5. The summed E-state index contributed by atoms with van der Waals surface area (Å²) in [6.45, 7) is 3.85. The summed E-state index contributed by atoms with van der Waals surface area (Å²) in [6, 6.07) is 6.97. The Bertz CT molecular complexity index is 850. The number of hydrogen-bond donors (Lipinski definition) is 2. The van der Waals surface area contributed by atoms with Crippen LogP contribution in [0.2, 0.25) is 0 Å². The first-order valence-electron chi connectivity index (χ1n) is 6.03. The van der Waals surface area contributed by atoms with Gasteiger partial charge in [-0.25, -0.2) is 9.89 Å². The maximum atomic E-state index is 11.5. The van der Waals surface area contributed by atoms with Crippen LogP contribution in [0.15, 0.2) is 29.1 Å². The molecule has 7 nitrogen and oxygen atoms in total. The molecule has 3 N–H and O–H groups in total. The van der Waals surface area contributed by atoms with Crippen molar-refractivity contribution in [3.05, 3.63) is 45.9 Å². The number of rotatable bonds is 2. The minimum absolute atomic E-state index is 0.298. The lowest BCUT2D eigenvalue weighted by atomic mass is 10.1. The van der Waals surface area contributed by atoms with E-state index in [4.69, 9.17) is 10.5 Å². The molecule has 2 heterocycles. The van der Waals surface area contributed by atoms with E-state index >= 15 is 0 Å². The van der Waals surface area contributed by atoms with E-state index in [2.05, 4.69) is 15.3 Å². The number of aryl methyl sites for hydroxylation is 2. The molecule has 0 amide bonds. The zero-order valence-electron chi connectivity index (χ0n) is 11.0. The SMILES string of the molecule is Cc1cc(C)c(Oc2ccc3n[nH]c(=O)n3n2)cc1N. The van der Waals surface area contributed by atoms with Crippen molar-refractivity contribution in [1.82, 2.24) is 19.8 Å². The average molecular weight is 271 g/mol. The Kier molecular flexibility index (Phi) is 2.67. The van der Waals surface area contributed by atoms with E-state index in [0.29, 0.717) is 23.0 Å². The number of nitrogens with one attached hydrogen (secondary N) is 1. The molecule has 0 saturated heterocycles. The van der Waals surface area contributed by atoms with Gasteiger partial charge in [0.2, 0.25) is 5.88 Å². The normalized spacial score (nSPS) is 10.9. The highest BCUT2D eigenvalue weighted by Crippen LogP contribution is 2.27. The van der Waals surface area contributed by atoms with Crippen molar-refractivity contribution in [2.45, 2.75) is 13.8 Å². The van der Waals surface area contributed by atoms with Crippen molar-refractivity contribution in [1.29, 1.82) is 0 Å². The number of H-pyrrole nitrogens is 1. The molecule has 0 aliphatic carbocycles. The van der Waals surface area contributed by atoms with Crippen LogP contribution in [0.4, 0.5) is 5.69 Å². The van der Waals surface area contributed by atoms with Gasteiger partial charge < -0.3 is 10.5 Å². The summed E-state index contributed by atoms with van der Waals surface area (Å²) < 4.78 is 6.83. The molecule has 0 bridgehead atoms. The van der Waals surface area contributed by atoms with Crippen molar-refractivity contribution in [2.24, 2.45) is 0 Å². The minimum atomic E-state index is -0.411. The number of ether oxygens (including phenoxy) is 1. The van der Waals surface area contributed by atoms with Crippen LogP contribution in [-0.4, -0.2) is 19.8 Å². The highest BCUT2D eigenvalue weighted by Gasteiger charge is 2.08. The molecule has 20 heavy (non-hydrogen) atoms. The summed E-state index contributed by atoms with van der Waals surface area (Å²) in [5, 5.41) is 10.2. The van der Waals surface area contributed by atoms with Gasteiger partial charge in [0.05, 0.1) is 0 Å². The number of aromatic nitrogens is 4. The van der Waals surface area contributed by atoms with Crippen molar-refractivity contribution >= 4 is 11.3 Å². The van der Waals surface area contributed by atoms with Gasteiger partial charge >= 0.3 is 5.69 Å². The van der Waals surface area contributed by atoms with Crippen molar-refractivity contribution in [3.8, 4) is 11.6 Å². The first-order chi connectivity index (χ1) is 9.54. The Morgan fingerprint density at radius 3 is 2.85 bits per heavy atom.